The van der Waals surface area contributed by atoms with Gasteiger partial charge in [-0.15, -0.1) is 24.8 Å². The molecule has 3 aliphatic rings. The number of rotatable bonds is 2. The lowest BCUT2D eigenvalue weighted by molar-refractivity contribution is 0.517. The molecule has 1 N–H and O–H groups in total. The highest BCUT2D eigenvalue weighted by atomic mass is 35.5. The van der Waals surface area contributed by atoms with Crippen molar-refractivity contribution in [3.63, 3.8) is 0 Å². The van der Waals surface area contributed by atoms with Crippen molar-refractivity contribution < 1.29 is 0 Å². The predicted octanol–water partition coefficient (Wildman–Crippen LogP) is 2.95. The van der Waals surface area contributed by atoms with Crippen LogP contribution in [0.1, 0.15) is 19.3 Å². The van der Waals surface area contributed by atoms with E-state index in [-0.39, 0.29) is 24.8 Å². The second-order valence-corrected chi connectivity index (χ2v) is 6.31. The molecule has 0 aromatic carbocycles. The van der Waals surface area contributed by atoms with E-state index in [1.165, 1.54) is 23.7 Å². The van der Waals surface area contributed by atoms with Crippen molar-refractivity contribution in [3.8, 4) is 0 Å². The van der Waals surface area contributed by atoms with Crippen molar-refractivity contribution in [2.75, 3.05) is 31.9 Å². The number of amidine groups is 2. The van der Waals surface area contributed by atoms with Crippen LogP contribution in [0.5, 0.6) is 0 Å². The van der Waals surface area contributed by atoms with Gasteiger partial charge >= 0.3 is 0 Å². The Labute approximate surface area is 141 Å². The molecule has 0 unspecified atom stereocenters. The van der Waals surface area contributed by atoms with Gasteiger partial charge in [-0.1, -0.05) is 23.5 Å². The monoisotopic (exact) mass is 354 g/mol. The Bertz CT molecular complexity index is 412. The van der Waals surface area contributed by atoms with Crippen LogP contribution in [-0.2, 0) is 0 Å². The average Bonchev–Trinajstić information content (AvgIpc) is 2.65. The van der Waals surface area contributed by atoms with E-state index in [9.17, 15) is 0 Å². The fraction of sp³-hybridized carbons (Fsp3) is 0.667. The summed E-state index contributed by atoms with van der Waals surface area (Å²) in [5.74, 6) is 0.998. The standard InChI is InChI=1S/C12H18N4S2.2ClH/c1-2-7-16-10(9-18-12(16)15-4-1)8-17-11-13-5-3-6-14-11;;/h9H,1-8H2,(H,13,14);2*1H. The zero-order valence-electron chi connectivity index (χ0n) is 11.2. The van der Waals surface area contributed by atoms with Crippen LogP contribution in [-0.4, -0.2) is 47.2 Å². The van der Waals surface area contributed by atoms with E-state index in [0.29, 0.717) is 0 Å². The van der Waals surface area contributed by atoms with E-state index in [0.717, 1.165) is 43.5 Å². The summed E-state index contributed by atoms with van der Waals surface area (Å²) in [6, 6.07) is 0. The molecule has 0 aromatic rings. The first kappa shape index (κ1) is 18.0. The summed E-state index contributed by atoms with van der Waals surface area (Å²) in [5, 5.41) is 7.91. The number of hydrogen-bond donors (Lipinski definition) is 1. The molecule has 0 amide bonds. The van der Waals surface area contributed by atoms with Crippen LogP contribution in [0.4, 0.5) is 0 Å². The van der Waals surface area contributed by atoms with Gasteiger partial charge in [0.2, 0.25) is 0 Å². The van der Waals surface area contributed by atoms with Gasteiger partial charge in [0.15, 0.2) is 10.3 Å². The topological polar surface area (TPSA) is 40.0 Å². The molecule has 20 heavy (non-hydrogen) atoms. The highest BCUT2D eigenvalue weighted by Gasteiger charge is 2.24. The first-order chi connectivity index (χ1) is 8.93. The maximum absolute atomic E-state index is 4.63. The number of nitrogens with one attached hydrogen (secondary N) is 1. The molecule has 3 aliphatic heterocycles. The molecule has 0 atom stereocenters. The quantitative estimate of drug-likeness (QED) is 0.827. The van der Waals surface area contributed by atoms with Gasteiger partial charge in [-0.05, 0) is 24.7 Å². The molecule has 8 heteroatoms. The molecule has 4 nitrogen and oxygen atoms in total. The Balaban J connectivity index is 0.000001000. The summed E-state index contributed by atoms with van der Waals surface area (Å²) in [6.07, 6.45) is 3.62. The molecular weight excluding hydrogens is 335 g/mol. The Morgan fingerprint density at radius 3 is 2.85 bits per heavy atom. The molecule has 0 bridgehead atoms. The maximum Gasteiger partial charge on any atom is 0.167 e. The van der Waals surface area contributed by atoms with Crippen LogP contribution < -0.4 is 5.32 Å². The first-order valence-corrected chi connectivity index (χ1v) is 8.39. The third-order valence-corrected chi connectivity index (χ3v) is 5.08. The normalized spacial score (nSPS) is 21.2. The van der Waals surface area contributed by atoms with Gasteiger partial charge in [0, 0.05) is 37.6 Å². The second kappa shape index (κ2) is 9.07. The predicted molar refractivity (Wildman–Crippen MR) is 95.8 cm³/mol. The molecule has 0 aliphatic carbocycles. The summed E-state index contributed by atoms with van der Waals surface area (Å²) in [7, 11) is 0. The molecule has 0 radical (unpaired) electrons. The number of hydrogen-bond acceptors (Lipinski definition) is 6. The number of fused-ring (bicyclic) bond motifs is 1. The summed E-state index contributed by atoms with van der Waals surface area (Å²) in [4.78, 5) is 11.5. The van der Waals surface area contributed by atoms with Gasteiger partial charge in [-0.2, -0.15) is 0 Å². The lowest BCUT2D eigenvalue weighted by Crippen LogP contribution is -2.29. The molecule has 0 saturated carbocycles. The molecule has 0 fully saturated rings. The van der Waals surface area contributed by atoms with Crippen molar-refractivity contribution in [1.82, 2.24) is 10.2 Å². The largest absolute Gasteiger partial charge is 0.365 e. The van der Waals surface area contributed by atoms with Crippen molar-refractivity contribution >= 4 is 58.7 Å². The van der Waals surface area contributed by atoms with Crippen molar-refractivity contribution in [1.29, 1.82) is 0 Å². The van der Waals surface area contributed by atoms with Gasteiger partial charge < -0.3 is 10.2 Å². The van der Waals surface area contributed by atoms with E-state index in [1.807, 2.05) is 11.8 Å². The third-order valence-electron chi connectivity index (χ3n) is 3.14. The number of nitrogens with zero attached hydrogens (tertiary/aromatic N) is 3. The van der Waals surface area contributed by atoms with Crippen LogP contribution in [0.15, 0.2) is 21.1 Å². The summed E-state index contributed by atoms with van der Waals surface area (Å²) < 4.78 is 0. The SMILES string of the molecule is C1=C(CSC2=NCCCN2)N2CCCCN=C2S1.Cl.Cl. The number of halogens is 2. The number of thioether (sulfide) groups is 2. The minimum atomic E-state index is 0. The molecule has 0 spiro atoms. The summed E-state index contributed by atoms with van der Waals surface area (Å²) >= 11 is 3.59. The Kier molecular flexibility index (Phi) is 8.17. The van der Waals surface area contributed by atoms with E-state index in [1.54, 1.807) is 11.8 Å². The van der Waals surface area contributed by atoms with Crippen LogP contribution in [0, 0.1) is 0 Å². The Hall–Kier alpha value is -0.0400. The highest BCUT2D eigenvalue weighted by Crippen LogP contribution is 2.30. The molecular formula is C12H20Cl2N4S2. The van der Waals surface area contributed by atoms with Gasteiger partial charge in [0.1, 0.15) is 0 Å². The second-order valence-electron chi connectivity index (χ2n) is 4.51. The fourth-order valence-electron chi connectivity index (χ4n) is 2.15. The van der Waals surface area contributed by atoms with Crippen molar-refractivity contribution in [2.24, 2.45) is 9.98 Å². The summed E-state index contributed by atoms with van der Waals surface area (Å²) in [6.45, 7) is 4.15. The zero-order chi connectivity index (χ0) is 12.2. The summed E-state index contributed by atoms with van der Waals surface area (Å²) in [5.41, 5.74) is 1.39. The fourth-order valence-corrected chi connectivity index (χ4v) is 4.12. The third kappa shape index (κ3) is 4.48. The molecule has 0 aromatic heterocycles. The lowest BCUT2D eigenvalue weighted by atomic mass is 10.3. The van der Waals surface area contributed by atoms with Gasteiger partial charge in [-0.25, -0.2) is 0 Å². The minimum Gasteiger partial charge on any atom is -0.365 e. The van der Waals surface area contributed by atoms with Crippen LogP contribution in [0.3, 0.4) is 0 Å². The maximum atomic E-state index is 4.63. The van der Waals surface area contributed by atoms with Crippen LogP contribution in [0.2, 0.25) is 0 Å². The molecule has 114 valence electrons. The minimum absolute atomic E-state index is 0. The molecule has 3 heterocycles. The lowest BCUT2D eigenvalue weighted by Gasteiger charge is -2.21. The van der Waals surface area contributed by atoms with Crippen LogP contribution in [0.25, 0.3) is 0 Å². The van der Waals surface area contributed by atoms with Gasteiger partial charge in [0.25, 0.3) is 0 Å². The molecule has 3 rings (SSSR count). The van der Waals surface area contributed by atoms with E-state index in [2.05, 4.69) is 25.6 Å². The van der Waals surface area contributed by atoms with E-state index in [4.69, 9.17) is 0 Å². The van der Waals surface area contributed by atoms with Crippen molar-refractivity contribution in [2.45, 2.75) is 19.3 Å². The van der Waals surface area contributed by atoms with Crippen molar-refractivity contribution in [3.05, 3.63) is 11.1 Å². The number of aliphatic imine (C=N–C) groups is 2. The molecule has 0 saturated heterocycles. The van der Waals surface area contributed by atoms with Crippen LogP contribution >= 0.6 is 48.3 Å². The average molecular weight is 355 g/mol. The smallest absolute Gasteiger partial charge is 0.167 e. The van der Waals surface area contributed by atoms with E-state index < -0.39 is 0 Å². The Morgan fingerprint density at radius 1 is 1.20 bits per heavy atom. The van der Waals surface area contributed by atoms with E-state index >= 15 is 0 Å². The van der Waals surface area contributed by atoms with Gasteiger partial charge in [0.05, 0.1) is 0 Å². The Morgan fingerprint density at radius 2 is 2.05 bits per heavy atom. The van der Waals surface area contributed by atoms with Gasteiger partial charge in [-0.3, -0.25) is 9.98 Å². The first-order valence-electron chi connectivity index (χ1n) is 6.52. The zero-order valence-corrected chi connectivity index (χ0v) is 14.5. The highest BCUT2D eigenvalue weighted by molar-refractivity contribution is 8.17.